The van der Waals surface area contributed by atoms with Crippen molar-refractivity contribution in [1.29, 1.82) is 0 Å². The van der Waals surface area contributed by atoms with Crippen molar-refractivity contribution >= 4 is 18.2 Å². The van der Waals surface area contributed by atoms with E-state index in [4.69, 9.17) is 4.18 Å². The van der Waals surface area contributed by atoms with Crippen LogP contribution < -0.4 is 0 Å². The van der Waals surface area contributed by atoms with Gasteiger partial charge in [0.25, 0.3) is 10.1 Å². The molecule has 0 aliphatic heterocycles. The summed E-state index contributed by atoms with van der Waals surface area (Å²) in [6.07, 6.45) is 1.74. The molecule has 0 spiro atoms. The molecule has 0 radical (unpaired) electrons. The standard InChI is InChI=1S/C12H18O3SSi/c1-17(2,3)12(9-10-12)15-16(13,14)11-7-5-4-6-8-11/h4-8H,9-10H2,1-3H3. The molecule has 17 heavy (non-hydrogen) atoms. The first-order chi connectivity index (χ1) is 7.77. The van der Waals surface area contributed by atoms with Crippen molar-refractivity contribution in [2.45, 2.75) is 42.6 Å². The first-order valence-electron chi connectivity index (χ1n) is 5.78. The van der Waals surface area contributed by atoms with Crippen molar-refractivity contribution in [2.75, 3.05) is 0 Å². The largest absolute Gasteiger partial charge is 0.297 e. The van der Waals surface area contributed by atoms with E-state index in [0.717, 1.165) is 12.8 Å². The van der Waals surface area contributed by atoms with Gasteiger partial charge in [0.05, 0.1) is 18.2 Å². The molecule has 3 nitrogen and oxygen atoms in total. The Hall–Kier alpha value is -0.653. The average molecular weight is 270 g/mol. The second kappa shape index (κ2) is 3.93. The van der Waals surface area contributed by atoms with Crippen LogP contribution >= 0.6 is 0 Å². The lowest BCUT2D eigenvalue weighted by atomic mass is 10.4. The molecule has 0 amide bonds. The lowest BCUT2D eigenvalue weighted by Gasteiger charge is -2.28. The summed E-state index contributed by atoms with van der Waals surface area (Å²) in [5.41, 5.74) is 0. The van der Waals surface area contributed by atoms with E-state index in [2.05, 4.69) is 19.6 Å². The summed E-state index contributed by atoms with van der Waals surface area (Å²) in [6.45, 7) is 6.46. The predicted molar refractivity (Wildman–Crippen MR) is 70.0 cm³/mol. The molecule has 1 aliphatic rings. The van der Waals surface area contributed by atoms with Gasteiger partial charge < -0.3 is 0 Å². The zero-order chi connectivity index (χ0) is 12.7. The molecule has 1 aromatic rings. The maximum atomic E-state index is 12.1. The Kier molecular flexibility index (Phi) is 2.96. The minimum absolute atomic E-state index is 0.254. The van der Waals surface area contributed by atoms with Crippen LogP contribution in [-0.4, -0.2) is 21.7 Å². The van der Waals surface area contributed by atoms with E-state index in [9.17, 15) is 8.42 Å². The summed E-state index contributed by atoms with van der Waals surface area (Å²) < 4.78 is 29.8. The highest BCUT2D eigenvalue weighted by molar-refractivity contribution is 7.86. The van der Waals surface area contributed by atoms with E-state index in [-0.39, 0.29) is 10.1 Å². The number of benzene rings is 1. The Morgan fingerprint density at radius 3 is 2.06 bits per heavy atom. The lowest BCUT2D eigenvalue weighted by Crippen LogP contribution is -2.44. The van der Waals surface area contributed by atoms with E-state index >= 15 is 0 Å². The summed E-state index contributed by atoms with van der Waals surface area (Å²) in [7, 11) is -5.22. The SMILES string of the molecule is C[Si](C)(C)C1(OS(=O)(=O)c2ccccc2)CC1. The van der Waals surface area contributed by atoms with Crippen molar-refractivity contribution in [3.63, 3.8) is 0 Å². The van der Waals surface area contributed by atoms with Crippen LogP contribution in [0.1, 0.15) is 12.8 Å². The highest BCUT2D eigenvalue weighted by Crippen LogP contribution is 2.48. The fourth-order valence-corrected chi connectivity index (χ4v) is 6.04. The van der Waals surface area contributed by atoms with Crippen molar-refractivity contribution in [3.8, 4) is 0 Å². The van der Waals surface area contributed by atoms with E-state index in [1.54, 1.807) is 30.3 Å². The second-order valence-electron chi connectivity index (χ2n) is 5.59. The van der Waals surface area contributed by atoms with Crippen LogP contribution in [0.5, 0.6) is 0 Å². The van der Waals surface area contributed by atoms with Crippen LogP contribution in [0.15, 0.2) is 35.2 Å². The third-order valence-corrected chi connectivity index (χ3v) is 8.24. The molecule has 5 heteroatoms. The van der Waals surface area contributed by atoms with Gasteiger partial charge in [-0.05, 0) is 25.0 Å². The Morgan fingerprint density at radius 2 is 1.65 bits per heavy atom. The fraction of sp³-hybridized carbons (Fsp3) is 0.500. The molecule has 0 unspecified atom stereocenters. The fourth-order valence-electron chi connectivity index (χ4n) is 1.92. The molecule has 2 rings (SSSR count). The Bertz CT molecular complexity index is 498. The minimum atomic E-state index is -3.60. The van der Waals surface area contributed by atoms with Gasteiger partial charge in [0.1, 0.15) is 0 Å². The van der Waals surface area contributed by atoms with Crippen molar-refractivity contribution in [1.82, 2.24) is 0 Å². The van der Waals surface area contributed by atoms with E-state index in [0.29, 0.717) is 0 Å². The smallest absolute Gasteiger partial charge is 0.263 e. The van der Waals surface area contributed by atoms with Crippen molar-refractivity contribution < 1.29 is 12.6 Å². The Labute approximate surface area is 104 Å². The first kappa shape index (κ1) is 12.8. The molecule has 1 aromatic carbocycles. The molecule has 0 aromatic heterocycles. The molecule has 0 bridgehead atoms. The minimum Gasteiger partial charge on any atom is -0.263 e. The van der Waals surface area contributed by atoms with Gasteiger partial charge in [-0.25, -0.2) is 0 Å². The molecule has 1 fully saturated rings. The molecule has 0 saturated heterocycles. The third-order valence-electron chi connectivity index (χ3n) is 3.37. The van der Waals surface area contributed by atoms with Gasteiger partial charge in [0.2, 0.25) is 0 Å². The lowest BCUT2D eigenvalue weighted by molar-refractivity contribution is 0.257. The van der Waals surface area contributed by atoms with Crippen molar-refractivity contribution in [3.05, 3.63) is 30.3 Å². The quantitative estimate of drug-likeness (QED) is 0.624. The molecule has 1 aliphatic carbocycles. The maximum absolute atomic E-state index is 12.1. The van der Waals surface area contributed by atoms with Gasteiger partial charge in [-0.15, -0.1) is 0 Å². The average Bonchev–Trinajstić information content (AvgIpc) is 2.99. The summed E-state index contributed by atoms with van der Waals surface area (Å²) in [6, 6.07) is 8.38. The summed E-state index contributed by atoms with van der Waals surface area (Å²) in [5, 5.41) is -0.373. The maximum Gasteiger partial charge on any atom is 0.297 e. The summed E-state index contributed by atoms with van der Waals surface area (Å²) >= 11 is 0. The number of hydrogen-bond donors (Lipinski definition) is 0. The third kappa shape index (κ3) is 2.46. The molecule has 94 valence electrons. The van der Waals surface area contributed by atoms with E-state index in [1.807, 2.05) is 0 Å². The van der Waals surface area contributed by atoms with Crippen LogP contribution in [0.25, 0.3) is 0 Å². The van der Waals surface area contributed by atoms with Gasteiger partial charge in [-0.2, -0.15) is 8.42 Å². The highest BCUT2D eigenvalue weighted by atomic mass is 32.2. The van der Waals surface area contributed by atoms with Crippen LogP contribution in [0.4, 0.5) is 0 Å². The molecular weight excluding hydrogens is 252 g/mol. The van der Waals surface area contributed by atoms with Crippen molar-refractivity contribution in [2.24, 2.45) is 0 Å². The zero-order valence-electron chi connectivity index (χ0n) is 10.4. The second-order valence-corrected chi connectivity index (χ2v) is 12.6. The normalized spacial score (nSPS) is 19.0. The highest BCUT2D eigenvalue weighted by Gasteiger charge is 2.57. The summed E-state index contributed by atoms with van der Waals surface area (Å²) in [4.78, 5) is 0.254. The Balaban J connectivity index is 2.26. The van der Waals surface area contributed by atoms with Gasteiger partial charge >= 0.3 is 0 Å². The number of rotatable bonds is 4. The molecular formula is C12H18O3SSi. The van der Waals surface area contributed by atoms with E-state index < -0.39 is 18.2 Å². The first-order valence-corrected chi connectivity index (χ1v) is 10.7. The summed E-state index contributed by atoms with van der Waals surface area (Å²) in [5.74, 6) is 0. The van der Waals surface area contributed by atoms with Gasteiger partial charge in [0, 0.05) is 0 Å². The van der Waals surface area contributed by atoms with Crippen LogP contribution in [0, 0.1) is 0 Å². The Morgan fingerprint density at radius 1 is 1.12 bits per heavy atom. The van der Waals surface area contributed by atoms with Crippen LogP contribution in [-0.2, 0) is 14.3 Å². The number of hydrogen-bond acceptors (Lipinski definition) is 3. The predicted octanol–water partition coefficient (Wildman–Crippen LogP) is 2.80. The molecule has 0 atom stereocenters. The van der Waals surface area contributed by atoms with Crippen LogP contribution in [0.3, 0.4) is 0 Å². The van der Waals surface area contributed by atoms with Gasteiger partial charge in [-0.1, -0.05) is 37.8 Å². The molecule has 0 heterocycles. The topological polar surface area (TPSA) is 43.4 Å². The van der Waals surface area contributed by atoms with Gasteiger partial charge in [0.15, 0.2) is 0 Å². The molecule has 0 N–H and O–H groups in total. The molecule has 1 saturated carbocycles. The van der Waals surface area contributed by atoms with Gasteiger partial charge in [-0.3, -0.25) is 4.18 Å². The van der Waals surface area contributed by atoms with E-state index in [1.165, 1.54) is 0 Å². The zero-order valence-corrected chi connectivity index (χ0v) is 12.3. The monoisotopic (exact) mass is 270 g/mol. The van der Waals surface area contributed by atoms with Crippen LogP contribution in [0.2, 0.25) is 19.6 Å².